The third kappa shape index (κ3) is 2.91. The number of rotatable bonds is 2. The van der Waals surface area contributed by atoms with E-state index in [9.17, 15) is 8.60 Å². The van der Waals surface area contributed by atoms with Crippen molar-refractivity contribution in [1.82, 2.24) is 0 Å². The Labute approximate surface area is 98.5 Å². The van der Waals surface area contributed by atoms with E-state index in [0.29, 0.717) is 0 Å². The van der Waals surface area contributed by atoms with Crippen LogP contribution in [0, 0.1) is 5.82 Å². The van der Waals surface area contributed by atoms with E-state index in [1.165, 1.54) is 37.8 Å². The van der Waals surface area contributed by atoms with Gasteiger partial charge in [-0.05, 0) is 37.1 Å². The van der Waals surface area contributed by atoms with E-state index in [1.807, 2.05) is 0 Å². The van der Waals surface area contributed by atoms with Gasteiger partial charge in [0.2, 0.25) is 0 Å². The molecule has 0 bridgehead atoms. The summed E-state index contributed by atoms with van der Waals surface area (Å²) in [5.41, 5.74) is 0. The van der Waals surface area contributed by atoms with E-state index < -0.39 is 10.8 Å². The van der Waals surface area contributed by atoms with Crippen molar-refractivity contribution in [2.24, 2.45) is 0 Å². The molecule has 1 aromatic carbocycles. The van der Waals surface area contributed by atoms with Gasteiger partial charge in [0.15, 0.2) is 0 Å². The van der Waals surface area contributed by atoms with Crippen molar-refractivity contribution >= 4 is 10.8 Å². The molecule has 0 aromatic heterocycles. The van der Waals surface area contributed by atoms with Crippen molar-refractivity contribution in [3.63, 3.8) is 0 Å². The maximum absolute atomic E-state index is 12.8. The summed E-state index contributed by atoms with van der Waals surface area (Å²) in [6.07, 6.45) is 6.97. The minimum atomic E-state index is -0.956. The molecule has 1 nitrogen and oxygen atoms in total. The number of hydrogen-bond donors (Lipinski definition) is 0. The molecule has 0 spiro atoms. The van der Waals surface area contributed by atoms with Crippen LogP contribution in [0.25, 0.3) is 0 Å². The molecule has 0 aliphatic heterocycles. The molecule has 1 unspecified atom stereocenters. The molecule has 0 amide bonds. The standard InChI is InChI=1S/C13H17FOS/c14-11-7-9-13(10-8-11)16(15)12-5-3-1-2-4-6-12/h7-10,12H,1-6H2. The first kappa shape index (κ1) is 11.8. The molecular weight excluding hydrogens is 223 g/mol. The van der Waals surface area contributed by atoms with E-state index in [2.05, 4.69) is 0 Å². The fourth-order valence-corrected chi connectivity index (χ4v) is 3.77. The summed E-state index contributed by atoms with van der Waals surface area (Å²) in [4.78, 5) is 0.772. The van der Waals surface area contributed by atoms with Crippen LogP contribution in [0.5, 0.6) is 0 Å². The highest BCUT2D eigenvalue weighted by atomic mass is 32.2. The lowest BCUT2D eigenvalue weighted by atomic mass is 10.2. The second kappa shape index (κ2) is 5.58. The molecule has 0 radical (unpaired) electrons. The smallest absolute Gasteiger partial charge is 0.123 e. The molecule has 0 saturated heterocycles. The van der Waals surface area contributed by atoms with Gasteiger partial charge in [0.05, 0.1) is 10.8 Å². The van der Waals surface area contributed by atoms with Gasteiger partial charge in [-0.25, -0.2) is 4.39 Å². The van der Waals surface area contributed by atoms with Crippen LogP contribution in [0.4, 0.5) is 4.39 Å². The first-order valence-corrected chi connectivity index (χ1v) is 7.15. The van der Waals surface area contributed by atoms with E-state index in [1.54, 1.807) is 12.1 Å². The number of hydrogen-bond acceptors (Lipinski definition) is 1. The highest BCUT2D eigenvalue weighted by Crippen LogP contribution is 2.25. The van der Waals surface area contributed by atoms with Gasteiger partial charge in [-0.1, -0.05) is 25.7 Å². The second-order valence-electron chi connectivity index (χ2n) is 4.36. The largest absolute Gasteiger partial charge is 0.254 e. The monoisotopic (exact) mass is 240 g/mol. The van der Waals surface area contributed by atoms with E-state index in [-0.39, 0.29) is 11.1 Å². The summed E-state index contributed by atoms with van der Waals surface area (Å²) < 4.78 is 25.0. The summed E-state index contributed by atoms with van der Waals surface area (Å²) in [6.45, 7) is 0. The zero-order valence-corrected chi connectivity index (χ0v) is 10.1. The molecule has 0 heterocycles. The van der Waals surface area contributed by atoms with Gasteiger partial charge in [0.1, 0.15) is 5.82 Å². The highest BCUT2D eigenvalue weighted by molar-refractivity contribution is 7.85. The fraction of sp³-hybridized carbons (Fsp3) is 0.538. The molecule has 1 aliphatic rings. The van der Waals surface area contributed by atoms with Crippen molar-refractivity contribution in [2.75, 3.05) is 0 Å². The Hall–Kier alpha value is -0.700. The Balaban J connectivity index is 2.08. The van der Waals surface area contributed by atoms with Gasteiger partial charge >= 0.3 is 0 Å². The lowest BCUT2D eigenvalue weighted by Gasteiger charge is -2.13. The van der Waals surface area contributed by atoms with E-state index >= 15 is 0 Å². The zero-order chi connectivity index (χ0) is 11.4. The normalized spacial score (nSPS) is 20.3. The van der Waals surface area contributed by atoms with Gasteiger partial charge in [-0.2, -0.15) is 0 Å². The lowest BCUT2D eigenvalue weighted by molar-refractivity contribution is 0.624. The molecule has 1 atom stereocenters. The lowest BCUT2D eigenvalue weighted by Crippen LogP contribution is -2.14. The van der Waals surface area contributed by atoms with Gasteiger partial charge < -0.3 is 0 Å². The minimum absolute atomic E-state index is 0.262. The topological polar surface area (TPSA) is 17.1 Å². The molecule has 1 saturated carbocycles. The van der Waals surface area contributed by atoms with Crippen molar-refractivity contribution in [3.8, 4) is 0 Å². The quantitative estimate of drug-likeness (QED) is 0.721. The van der Waals surface area contributed by atoms with Crippen LogP contribution in [-0.4, -0.2) is 9.46 Å². The Morgan fingerprint density at radius 1 is 1.00 bits per heavy atom. The number of halogens is 1. The van der Waals surface area contributed by atoms with Crippen LogP contribution in [0.3, 0.4) is 0 Å². The summed E-state index contributed by atoms with van der Waals surface area (Å²) >= 11 is 0. The predicted octanol–water partition coefficient (Wildman–Crippen LogP) is 3.66. The van der Waals surface area contributed by atoms with Crippen LogP contribution in [0.15, 0.2) is 29.2 Å². The van der Waals surface area contributed by atoms with Gasteiger partial charge in [0, 0.05) is 10.1 Å². The molecule has 3 heteroatoms. The average Bonchev–Trinajstić information content (AvgIpc) is 2.57. The first-order valence-electron chi connectivity index (χ1n) is 5.93. The summed E-state index contributed by atoms with van der Waals surface area (Å²) in [5, 5.41) is 0.271. The van der Waals surface area contributed by atoms with Crippen LogP contribution < -0.4 is 0 Å². The Bertz CT molecular complexity index is 353. The molecular formula is C13H17FOS. The third-order valence-electron chi connectivity index (χ3n) is 3.15. The van der Waals surface area contributed by atoms with Crippen LogP contribution in [-0.2, 0) is 10.8 Å². The van der Waals surface area contributed by atoms with Crippen LogP contribution in [0.1, 0.15) is 38.5 Å². The van der Waals surface area contributed by atoms with Crippen LogP contribution >= 0.6 is 0 Å². The maximum atomic E-state index is 12.8. The third-order valence-corrected chi connectivity index (χ3v) is 4.96. The predicted molar refractivity (Wildman–Crippen MR) is 64.3 cm³/mol. The van der Waals surface area contributed by atoms with Crippen molar-refractivity contribution in [3.05, 3.63) is 30.1 Å². The summed E-state index contributed by atoms with van der Waals surface area (Å²) in [7, 11) is -0.956. The SMILES string of the molecule is O=S(c1ccc(F)cc1)C1CCCCCC1. The second-order valence-corrected chi connectivity index (χ2v) is 6.10. The molecule has 1 aromatic rings. The highest BCUT2D eigenvalue weighted by Gasteiger charge is 2.19. The summed E-state index contributed by atoms with van der Waals surface area (Å²) in [6, 6.07) is 6.08. The Kier molecular flexibility index (Phi) is 4.10. The van der Waals surface area contributed by atoms with Crippen molar-refractivity contribution in [2.45, 2.75) is 48.7 Å². The first-order chi connectivity index (χ1) is 7.77. The fourth-order valence-electron chi connectivity index (χ4n) is 2.22. The Morgan fingerprint density at radius 3 is 2.12 bits per heavy atom. The van der Waals surface area contributed by atoms with Crippen molar-refractivity contribution < 1.29 is 8.60 Å². The molecule has 88 valence electrons. The number of benzene rings is 1. The molecule has 1 aliphatic carbocycles. The van der Waals surface area contributed by atoms with Gasteiger partial charge in [0.25, 0.3) is 0 Å². The maximum Gasteiger partial charge on any atom is 0.123 e. The van der Waals surface area contributed by atoms with E-state index in [0.717, 1.165) is 17.7 Å². The Morgan fingerprint density at radius 2 is 1.56 bits per heavy atom. The molecule has 1 fully saturated rings. The average molecular weight is 240 g/mol. The summed E-state index contributed by atoms with van der Waals surface area (Å²) in [5.74, 6) is -0.262. The van der Waals surface area contributed by atoms with Gasteiger partial charge in [-0.3, -0.25) is 4.21 Å². The zero-order valence-electron chi connectivity index (χ0n) is 9.32. The van der Waals surface area contributed by atoms with E-state index in [4.69, 9.17) is 0 Å². The molecule has 2 rings (SSSR count). The molecule has 0 N–H and O–H groups in total. The van der Waals surface area contributed by atoms with Gasteiger partial charge in [-0.15, -0.1) is 0 Å². The minimum Gasteiger partial charge on any atom is -0.254 e. The van der Waals surface area contributed by atoms with Crippen LogP contribution in [0.2, 0.25) is 0 Å². The van der Waals surface area contributed by atoms with Crippen molar-refractivity contribution in [1.29, 1.82) is 0 Å². The molecule has 16 heavy (non-hydrogen) atoms.